The Balaban J connectivity index is 2.10. The van der Waals surface area contributed by atoms with Crippen molar-refractivity contribution in [1.82, 2.24) is 4.90 Å². The maximum absolute atomic E-state index is 13.1. The van der Waals surface area contributed by atoms with Crippen LogP contribution in [0, 0.1) is 5.82 Å². The predicted octanol–water partition coefficient (Wildman–Crippen LogP) is 0.426. The van der Waals surface area contributed by atoms with Crippen molar-refractivity contribution < 1.29 is 27.1 Å². The number of nitrogens with one attached hydrogen (secondary N) is 1. The van der Waals surface area contributed by atoms with Gasteiger partial charge in [-0.3, -0.25) is 9.59 Å². The molecule has 0 spiro atoms. The van der Waals surface area contributed by atoms with Gasteiger partial charge in [0.05, 0.1) is 18.1 Å². The molecule has 1 heterocycles. The number of halogens is 1. The first kappa shape index (κ1) is 18.3. The van der Waals surface area contributed by atoms with E-state index in [4.69, 9.17) is 4.74 Å². The van der Waals surface area contributed by atoms with Crippen molar-refractivity contribution in [2.45, 2.75) is 12.5 Å². The van der Waals surface area contributed by atoms with Crippen molar-refractivity contribution in [3.8, 4) is 0 Å². The Morgan fingerprint density at radius 3 is 2.75 bits per heavy atom. The van der Waals surface area contributed by atoms with Gasteiger partial charge in [-0.1, -0.05) is 6.07 Å². The van der Waals surface area contributed by atoms with Crippen LogP contribution in [0.5, 0.6) is 0 Å². The van der Waals surface area contributed by atoms with Crippen molar-refractivity contribution in [3.05, 3.63) is 30.1 Å². The van der Waals surface area contributed by atoms with E-state index < -0.39 is 33.5 Å². The van der Waals surface area contributed by atoms with Gasteiger partial charge in [0.2, 0.25) is 0 Å². The normalized spacial score (nSPS) is 19.0. The molecule has 1 aromatic rings. The molecule has 2 rings (SSSR count). The van der Waals surface area contributed by atoms with Crippen molar-refractivity contribution in [2.24, 2.45) is 0 Å². The molecule has 1 atom stereocenters. The van der Waals surface area contributed by atoms with E-state index in [1.54, 1.807) is 0 Å². The molecule has 2 amide bonds. The van der Waals surface area contributed by atoms with Crippen molar-refractivity contribution >= 4 is 27.3 Å². The van der Waals surface area contributed by atoms with Crippen LogP contribution in [0.3, 0.4) is 0 Å². The molecule has 0 bridgehead atoms. The van der Waals surface area contributed by atoms with Crippen LogP contribution in [0.25, 0.3) is 0 Å². The van der Waals surface area contributed by atoms with Crippen LogP contribution >= 0.6 is 0 Å². The Morgan fingerprint density at radius 2 is 2.17 bits per heavy atom. The minimum absolute atomic E-state index is 0.0139. The molecule has 0 saturated carbocycles. The smallest absolute Gasteiger partial charge is 0.313 e. The Bertz CT molecular complexity index is 722. The molecule has 1 N–H and O–H groups in total. The number of ether oxygens (including phenoxy) is 1. The van der Waals surface area contributed by atoms with Gasteiger partial charge in [0, 0.05) is 25.4 Å². The fraction of sp³-hybridized carbons (Fsp3) is 0.467. The number of sulfone groups is 1. The highest BCUT2D eigenvalue weighted by Crippen LogP contribution is 2.18. The van der Waals surface area contributed by atoms with Gasteiger partial charge in [0.1, 0.15) is 5.82 Å². The second-order valence-corrected chi connectivity index (χ2v) is 7.74. The summed E-state index contributed by atoms with van der Waals surface area (Å²) in [6.45, 7) is 0.279. The van der Waals surface area contributed by atoms with Gasteiger partial charge < -0.3 is 15.0 Å². The average molecular weight is 358 g/mol. The lowest BCUT2D eigenvalue weighted by atomic mass is 10.2. The molecule has 0 aliphatic carbocycles. The summed E-state index contributed by atoms with van der Waals surface area (Å²) in [7, 11) is -1.76. The maximum atomic E-state index is 13.1. The molecule has 1 fully saturated rings. The zero-order valence-corrected chi connectivity index (χ0v) is 14.0. The van der Waals surface area contributed by atoms with E-state index in [2.05, 4.69) is 5.32 Å². The van der Waals surface area contributed by atoms with Crippen molar-refractivity contribution in [2.75, 3.05) is 37.1 Å². The summed E-state index contributed by atoms with van der Waals surface area (Å²) < 4.78 is 41.3. The Morgan fingerprint density at radius 1 is 1.42 bits per heavy atom. The fourth-order valence-corrected chi connectivity index (χ4v) is 4.27. The summed E-state index contributed by atoms with van der Waals surface area (Å²) in [5.41, 5.74) is 0.152. The Labute approximate surface area is 139 Å². The third-order valence-corrected chi connectivity index (χ3v) is 5.47. The SMILES string of the molecule is COCCN(C(=O)C(=O)Nc1cccc(F)c1)C1CCS(=O)(=O)C1. The summed E-state index contributed by atoms with van der Waals surface area (Å²) in [6, 6.07) is 4.60. The highest BCUT2D eigenvalue weighted by molar-refractivity contribution is 7.91. The molecule has 0 radical (unpaired) electrons. The van der Waals surface area contributed by atoms with Crippen molar-refractivity contribution in [3.63, 3.8) is 0 Å². The van der Waals surface area contributed by atoms with Gasteiger partial charge >= 0.3 is 11.8 Å². The van der Waals surface area contributed by atoms with E-state index in [0.717, 1.165) is 6.07 Å². The minimum atomic E-state index is -3.21. The van der Waals surface area contributed by atoms with Gasteiger partial charge in [-0.2, -0.15) is 0 Å². The molecule has 0 aromatic heterocycles. The summed E-state index contributed by atoms with van der Waals surface area (Å²) in [4.78, 5) is 25.7. The average Bonchev–Trinajstić information content (AvgIpc) is 2.87. The number of rotatable bonds is 5. The van der Waals surface area contributed by atoms with Crippen LogP contribution < -0.4 is 5.32 Å². The van der Waals surface area contributed by atoms with Gasteiger partial charge in [0.15, 0.2) is 9.84 Å². The summed E-state index contributed by atoms with van der Waals surface area (Å²) in [5.74, 6) is -2.53. The summed E-state index contributed by atoms with van der Waals surface area (Å²) in [5, 5.41) is 2.32. The lowest BCUT2D eigenvalue weighted by Gasteiger charge is -2.27. The Kier molecular flexibility index (Phi) is 5.89. The van der Waals surface area contributed by atoms with E-state index in [0.29, 0.717) is 0 Å². The van der Waals surface area contributed by atoms with Crippen molar-refractivity contribution in [1.29, 1.82) is 0 Å². The number of nitrogens with zero attached hydrogens (tertiary/aromatic N) is 1. The molecule has 132 valence electrons. The maximum Gasteiger partial charge on any atom is 0.313 e. The van der Waals surface area contributed by atoms with Crippen LogP contribution in [0.2, 0.25) is 0 Å². The van der Waals surface area contributed by atoms with E-state index in [9.17, 15) is 22.4 Å². The number of benzene rings is 1. The quantitative estimate of drug-likeness (QED) is 0.771. The second kappa shape index (κ2) is 7.71. The Hall–Kier alpha value is -2.00. The standard InChI is InChI=1S/C15H19FN2O5S/c1-23-7-6-18(13-5-8-24(21,22)10-13)15(20)14(19)17-12-4-2-3-11(16)9-12/h2-4,9,13H,5-8,10H2,1H3,(H,17,19). The number of anilines is 1. The highest BCUT2D eigenvalue weighted by Gasteiger charge is 2.36. The zero-order chi connectivity index (χ0) is 17.7. The zero-order valence-electron chi connectivity index (χ0n) is 13.2. The number of hydrogen-bond donors (Lipinski definition) is 1. The number of hydrogen-bond acceptors (Lipinski definition) is 5. The largest absolute Gasteiger partial charge is 0.383 e. The van der Waals surface area contributed by atoms with Crippen LogP contribution in [-0.2, 0) is 24.2 Å². The highest BCUT2D eigenvalue weighted by atomic mass is 32.2. The fourth-order valence-electron chi connectivity index (χ4n) is 2.54. The molecule has 9 heteroatoms. The molecular weight excluding hydrogens is 339 g/mol. The lowest BCUT2D eigenvalue weighted by molar-refractivity contribution is -0.144. The molecule has 1 aliphatic rings. The molecule has 24 heavy (non-hydrogen) atoms. The first-order chi connectivity index (χ1) is 11.3. The van der Waals surface area contributed by atoms with Crippen LogP contribution in [0.15, 0.2) is 24.3 Å². The van der Waals surface area contributed by atoms with Crippen LogP contribution in [0.1, 0.15) is 6.42 Å². The van der Waals surface area contributed by atoms with Gasteiger partial charge in [0.25, 0.3) is 0 Å². The topological polar surface area (TPSA) is 92.8 Å². The number of carbonyl (C=O) groups is 2. The molecule has 1 aromatic carbocycles. The van der Waals surface area contributed by atoms with E-state index in [-0.39, 0.29) is 36.8 Å². The number of methoxy groups -OCH3 is 1. The summed E-state index contributed by atoms with van der Waals surface area (Å²) >= 11 is 0. The predicted molar refractivity (Wildman–Crippen MR) is 85.7 cm³/mol. The first-order valence-corrected chi connectivity index (χ1v) is 9.21. The van der Waals surface area contributed by atoms with E-state index in [1.807, 2.05) is 0 Å². The monoisotopic (exact) mass is 358 g/mol. The third kappa shape index (κ3) is 4.75. The van der Waals surface area contributed by atoms with Crippen LogP contribution in [-0.4, -0.2) is 62.9 Å². The molecule has 1 unspecified atom stereocenters. The van der Waals surface area contributed by atoms with E-state index >= 15 is 0 Å². The summed E-state index contributed by atoms with van der Waals surface area (Å²) in [6.07, 6.45) is 0.283. The number of carbonyl (C=O) groups excluding carboxylic acids is 2. The lowest BCUT2D eigenvalue weighted by Crippen LogP contribution is -2.47. The molecule has 1 aliphatic heterocycles. The first-order valence-electron chi connectivity index (χ1n) is 7.39. The van der Waals surface area contributed by atoms with Gasteiger partial charge in [-0.05, 0) is 24.6 Å². The molecule has 1 saturated heterocycles. The van der Waals surface area contributed by atoms with E-state index in [1.165, 1.54) is 30.2 Å². The molecule has 7 nitrogen and oxygen atoms in total. The van der Waals surface area contributed by atoms with Crippen LogP contribution in [0.4, 0.5) is 10.1 Å². The van der Waals surface area contributed by atoms with Gasteiger partial charge in [-0.15, -0.1) is 0 Å². The second-order valence-electron chi connectivity index (χ2n) is 5.51. The number of amides is 2. The molecular formula is C15H19FN2O5S. The third-order valence-electron chi connectivity index (χ3n) is 3.72. The minimum Gasteiger partial charge on any atom is -0.383 e. The van der Waals surface area contributed by atoms with Gasteiger partial charge in [-0.25, -0.2) is 12.8 Å².